The van der Waals surface area contributed by atoms with Gasteiger partial charge >= 0.3 is 17.3 Å². The number of hydrogen-bond acceptors (Lipinski definition) is 6. The Bertz CT molecular complexity index is 1000. The molecule has 27 heavy (non-hydrogen) atoms. The highest BCUT2D eigenvalue weighted by atomic mass is 32.2. The fraction of sp³-hybridized carbons (Fsp3) is 0.333. The lowest BCUT2D eigenvalue weighted by Crippen LogP contribution is -2.38. The molecule has 0 spiro atoms. The van der Waals surface area contributed by atoms with E-state index >= 15 is 0 Å². The van der Waals surface area contributed by atoms with Crippen LogP contribution in [0.2, 0.25) is 0 Å². The first-order valence-corrected chi connectivity index (χ1v) is 9.32. The maximum atomic E-state index is 13.0. The van der Waals surface area contributed by atoms with Crippen LogP contribution in [0.4, 0.5) is 0 Å². The molecule has 0 amide bonds. The third kappa shape index (κ3) is 3.55. The Kier molecular flexibility index (Phi) is 5.50. The first-order chi connectivity index (χ1) is 13.0. The van der Waals surface area contributed by atoms with Crippen LogP contribution in [0.25, 0.3) is 0 Å². The molecule has 2 atom stereocenters. The Hall–Kier alpha value is -2.81. The van der Waals surface area contributed by atoms with Crippen LogP contribution < -0.4 is 11.4 Å². The third-order valence-electron chi connectivity index (χ3n) is 4.29. The summed E-state index contributed by atoms with van der Waals surface area (Å²) in [5, 5.41) is -0.0941. The second-order valence-electron chi connectivity index (χ2n) is 5.95. The van der Waals surface area contributed by atoms with E-state index in [1.807, 2.05) is 30.3 Å². The van der Waals surface area contributed by atoms with E-state index in [0.29, 0.717) is 5.75 Å². The number of aromatic nitrogens is 3. The highest BCUT2D eigenvalue weighted by molar-refractivity contribution is 8.13. The van der Waals surface area contributed by atoms with E-state index < -0.39 is 29.4 Å². The summed E-state index contributed by atoms with van der Waals surface area (Å²) in [7, 11) is 1.23. The summed E-state index contributed by atoms with van der Waals surface area (Å²) in [4.78, 5) is 49.1. The molecule has 1 aliphatic rings. The molecule has 0 saturated heterocycles. The van der Waals surface area contributed by atoms with Crippen molar-refractivity contribution in [1.82, 2.24) is 13.9 Å². The van der Waals surface area contributed by atoms with Crippen molar-refractivity contribution in [3.8, 4) is 0 Å². The van der Waals surface area contributed by atoms with Crippen molar-refractivity contribution in [2.75, 3.05) is 12.9 Å². The van der Waals surface area contributed by atoms with Crippen molar-refractivity contribution in [2.24, 2.45) is 0 Å². The van der Waals surface area contributed by atoms with Gasteiger partial charge in [0.25, 0.3) is 0 Å². The third-order valence-corrected chi connectivity index (χ3v) is 5.09. The molecule has 2 heterocycles. The quantitative estimate of drug-likeness (QED) is 0.559. The monoisotopic (exact) mass is 389 g/mol. The van der Waals surface area contributed by atoms with Crippen molar-refractivity contribution >= 4 is 22.8 Å². The summed E-state index contributed by atoms with van der Waals surface area (Å²) in [5.74, 6) is -0.343. The molecular formula is C18H19N3O5S. The number of thioether (sulfide) groups is 1. The first kappa shape index (κ1) is 19.0. The largest absolute Gasteiger partial charge is 0.467 e. The molecule has 3 rings (SSSR count). The van der Waals surface area contributed by atoms with Crippen LogP contribution in [0.3, 0.4) is 0 Å². The average molecular weight is 389 g/mol. The minimum atomic E-state index is -1.02. The number of nitrogens with zero attached hydrogens (tertiary/aromatic N) is 3. The van der Waals surface area contributed by atoms with E-state index in [9.17, 15) is 19.2 Å². The van der Waals surface area contributed by atoms with Crippen LogP contribution in [0.5, 0.6) is 0 Å². The standard InChI is InChI=1S/C18H19N3O5S/c1-12(22)27-11-10-19-17(24)20-14(13-6-4-3-5-7-13)8-9-15(16(23)26-2)21(20)18(19)25/h3-9,14-15H,10-11H2,1-2H3/t14-,15-/m1/s1. The van der Waals surface area contributed by atoms with Crippen LogP contribution >= 0.6 is 11.8 Å². The zero-order valence-corrected chi connectivity index (χ0v) is 15.7. The molecule has 8 nitrogen and oxygen atoms in total. The maximum Gasteiger partial charge on any atom is 0.348 e. The Labute approximate surface area is 159 Å². The second-order valence-corrected chi connectivity index (χ2v) is 7.23. The summed E-state index contributed by atoms with van der Waals surface area (Å²) in [5.41, 5.74) is -0.329. The van der Waals surface area contributed by atoms with Gasteiger partial charge in [-0.1, -0.05) is 54.2 Å². The van der Waals surface area contributed by atoms with Gasteiger partial charge in [0.05, 0.1) is 13.2 Å². The first-order valence-electron chi connectivity index (χ1n) is 8.34. The summed E-state index contributed by atoms with van der Waals surface area (Å²) in [6.07, 6.45) is 3.28. The Morgan fingerprint density at radius 3 is 2.37 bits per heavy atom. The molecule has 142 valence electrons. The molecule has 0 bridgehead atoms. The van der Waals surface area contributed by atoms with Crippen LogP contribution in [0.1, 0.15) is 24.6 Å². The summed E-state index contributed by atoms with van der Waals surface area (Å²) >= 11 is 1.03. The van der Waals surface area contributed by atoms with Crippen molar-refractivity contribution in [3.63, 3.8) is 0 Å². The molecule has 0 aliphatic carbocycles. The molecule has 0 N–H and O–H groups in total. The maximum absolute atomic E-state index is 13.0. The molecule has 0 unspecified atom stereocenters. The number of rotatable bonds is 5. The number of carbonyl (C=O) groups excluding carboxylic acids is 2. The van der Waals surface area contributed by atoms with Gasteiger partial charge in [-0.25, -0.2) is 28.3 Å². The average Bonchev–Trinajstić information content (AvgIpc) is 2.92. The van der Waals surface area contributed by atoms with Crippen molar-refractivity contribution in [2.45, 2.75) is 25.6 Å². The highest BCUT2D eigenvalue weighted by Gasteiger charge is 2.33. The normalized spacial score (nSPS) is 18.1. The summed E-state index contributed by atoms with van der Waals surface area (Å²) in [6, 6.07) is 7.68. The highest BCUT2D eigenvalue weighted by Crippen LogP contribution is 2.25. The zero-order chi connectivity index (χ0) is 19.6. The van der Waals surface area contributed by atoms with Crippen LogP contribution in [-0.4, -0.2) is 37.9 Å². The summed E-state index contributed by atoms with van der Waals surface area (Å²) in [6.45, 7) is 1.50. The summed E-state index contributed by atoms with van der Waals surface area (Å²) < 4.78 is 8.24. The van der Waals surface area contributed by atoms with Gasteiger partial charge in [-0.2, -0.15) is 0 Å². The molecule has 0 radical (unpaired) electrons. The van der Waals surface area contributed by atoms with Crippen LogP contribution in [-0.2, 0) is 20.9 Å². The van der Waals surface area contributed by atoms with Gasteiger partial charge in [-0.05, 0) is 5.56 Å². The fourth-order valence-corrected chi connectivity index (χ4v) is 3.63. The molecule has 1 aliphatic heterocycles. The van der Waals surface area contributed by atoms with Gasteiger partial charge in [-0.15, -0.1) is 0 Å². The van der Waals surface area contributed by atoms with Gasteiger partial charge < -0.3 is 4.74 Å². The minimum Gasteiger partial charge on any atom is -0.467 e. The lowest BCUT2D eigenvalue weighted by atomic mass is 10.0. The topological polar surface area (TPSA) is 92.3 Å². The number of allylic oxidation sites excluding steroid dienone is 1. The number of benzene rings is 1. The van der Waals surface area contributed by atoms with Gasteiger partial charge in [-0.3, -0.25) is 4.79 Å². The number of ether oxygens (including phenoxy) is 1. The SMILES string of the molecule is COC(=O)[C@H]1C=C[C@H](c2ccccc2)n2c(=O)n(CCSC(C)=O)c(=O)n21. The van der Waals surface area contributed by atoms with E-state index in [-0.39, 0.29) is 11.7 Å². The molecule has 1 aromatic carbocycles. The van der Waals surface area contributed by atoms with Gasteiger partial charge in [0, 0.05) is 19.2 Å². The van der Waals surface area contributed by atoms with E-state index in [1.54, 1.807) is 12.2 Å². The van der Waals surface area contributed by atoms with Crippen LogP contribution in [0, 0.1) is 0 Å². The molecule has 1 aromatic heterocycles. The van der Waals surface area contributed by atoms with E-state index in [4.69, 9.17) is 4.74 Å². The minimum absolute atomic E-state index is 0.0737. The Balaban J connectivity index is 2.12. The van der Waals surface area contributed by atoms with Crippen molar-refractivity contribution in [3.05, 3.63) is 69.0 Å². The van der Waals surface area contributed by atoms with Gasteiger partial charge in [0.15, 0.2) is 11.2 Å². The fourth-order valence-electron chi connectivity index (χ4n) is 3.07. The van der Waals surface area contributed by atoms with E-state index in [0.717, 1.165) is 26.6 Å². The second kappa shape index (κ2) is 7.83. The Morgan fingerprint density at radius 1 is 1.07 bits per heavy atom. The van der Waals surface area contributed by atoms with E-state index in [2.05, 4.69) is 0 Å². The number of carbonyl (C=O) groups is 2. The molecule has 0 saturated carbocycles. The van der Waals surface area contributed by atoms with Crippen LogP contribution in [0.15, 0.2) is 52.1 Å². The number of esters is 1. The lowest BCUT2D eigenvalue weighted by molar-refractivity contribution is -0.143. The number of hydrogen-bond donors (Lipinski definition) is 0. The number of fused-ring (bicyclic) bond motifs is 1. The van der Waals surface area contributed by atoms with Gasteiger partial charge in [0.2, 0.25) is 0 Å². The molecular weight excluding hydrogens is 370 g/mol. The predicted octanol–water partition coefficient (Wildman–Crippen LogP) is 0.964. The smallest absolute Gasteiger partial charge is 0.348 e. The Morgan fingerprint density at radius 2 is 1.74 bits per heavy atom. The molecule has 2 aromatic rings. The predicted molar refractivity (Wildman–Crippen MR) is 101 cm³/mol. The zero-order valence-electron chi connectivity index (χ0n) is 14.9. The lowest BCUT2D eigenvalue weighted by Gasteiger charge is -2.25. The number of methoxy groups -OCH3 is 1. The molecule has 0 fully saturated rings. The van der Waals surface area contributed by atoms with Crippen molar-refractivity contribution < 1.29 is 14.3 Å². The van der Waals surface area contributed by atoms with Gasteiger partial charge in [0.1, 0.15) is 0 Å². The molecule has 9 heteroatoms. The van der Waals surface area contributed by atoms with E-state index in [1.165, 1.54) is 18.7 Å². The van der Waals surface area contributed by atoms with Crippen molar-refractivity contribution in [1.29, 1.82) is 0 Å².